The van der Waals surface area contributed by atoms with Gasteiger partial charge >= 0.3 is 0 Å². The van der Waals surface area contributed by atoms with Gasteiger partial charge in [-0.05, 0) is 30.0 Å². The van der Waals surface area contributed by atoms with Gasteiger partial charge in [-0.25, -0.2) is 0 Å². The number of unbranched alkanes of at least 4 members (excludes halogenated alkanes) is 1. The molecule has 0 atom stereocenters. The molecule has 6 nitrogen and oxygen atoms in total. The Kier molecular flexibility index (Phi) is 4.86. The second-order valence-electron chi connectivity index (χ2n) is 7.25. The first-order chi connectivity index (χ1) is 13.6. The molecule has 0 unspecified atom stereocenters. The van der Waals surface area contributed by atoms with Gasteiger partial charge in [-0.15, -0.1) is 0 Å². The lowest BCUT2D eigenvalue weighted by Crippen LogP contribution is -2.39. The molecular weight excluding hydrogens is 354 g/mol. The van der Waals surface area contributed by atoms with E-state index in [2.05, 4.69) is 6.92 Å². The van der Waals surface area contributed by atoms with E-state index in [9.17, 15) is 14.9 Å². The number of carbonyl (C=O) groups excluding carboxylic acids is 1. The molecule has 2 aromatic carbocycles. The largest absolute Gasteiger partial charge is 0.337 e. The van der Waals surface area contributed by atoms with E-state index in [0.717, 1.165) is 47.8 Å². The van der Waals surface area contributed by atoms with Crippen molar-refractivity contribution in [2.24, 2.45) is 0 Å². The molecule has 0 bridgehead atoms. The molecule has 6 heteroatoms. The Morgan fingerprint density at radius 2 is 1.93 bits per heavy atom. The van der Waals surface area contributed by atoms with Crippen LogP contribution in [0.4, 0.5) is 5.69 Å². The molecule has 2 heterocycles. The molecule has 1 aliphatic rings. The van der Waals surface area contributed by atoms with Crippen LogP contribution in [0.2, 0.25) is 0 Å². The number of non-ortho nitro benzene ring substituents is 1. The second kappa shape index (κ2) is 7.46. The van der Waals surface area contributed by atoms with Gasteiger partial charge in [0, 0.05) is 42.7 Å². The minimum atomic E-state index is -0.376. The summed E-state index contributed by atoms with van der Waals surface area (Å²) in [4.78, 5) is 26.1. The van der Waals surface area contributed by atoms with Gasteiger partial charge in [-0.3, -0.25) is 14.9 Å². The monoisotopic (exact) mass is 377 g/mol. The van der Waals surface area contributed by atoms with Crippen molar-refractivity contribution in [3.63, 3.8) is 0 Å². The molecule has 0 fully saturated rings. The SMILES string of the molecule is CCCCN1CCc2c(n(Cc3ccccc3)c3ccc([N+](=O)[O-])cc23)C1=O. The number of nitro groups is 1. The maximum atomic E-state index is 13.3. The topological polar surface area (TPSA) is 68.4 Å². The second-order valence-corrected chi connectivity index (χ2v) is 7.25. The lowest BCUT2D eigenvalue weighted by Gasteiger charge is -2.28. The number of fused-ring (bicyclic) bond motifs is 3. The third-order valence-electron chi connectivity index (χ3n) is 5.45. The Morgan fingerprint density at radius 1 is 1.14 bits per heavy atom. The Balaban J connectivity index is 1.87. The summed E-state index contributed by atoms with van der Waals surface area (Å²) in [6.07, 6.45) is 2.74. The molecule has 0 saturated carbocycles. The van der Waals surface area contributed by atoms with Gasteiger partial charge in [0.15, 0.2) is 0 Å². The van der Waals surface area contributed by atoms with Crippen LogP contribution in [-0.4, -0.2) is 33.4 Å². The molecule has 0 saturated heterocycles. The van der Waals surface area contributed by atoms with Crippen LogP contribution in [-0.2, 0) is 13.0 Å². The quantitative estimate of drug-likeness (QED) is 0.472. The Hall–Kier alpha value is -3.15. The van der Waals surface area contributed by atoms with Crippen molar-refractivity contribution in [3.05, 3.63) is 75.5 Å². The molecule has 144 valence electrons. The smallest absolute Gasteiger partial charge is 0.270 e. The number of hydrogen-bond acceptors (Lipinski definition) is 3. The Morgan fingerprint density at radius 3 is 2.64 bits per heavy atom. The number of carbonyl (C=O) groups is 1. The van der Waals surface area contributed by atoms with Crippen molar-refractivity contribution in [2.45, 2.75) is 32.7 Å². The molecule has 0 radical (unpaired) electrons. The van der Waals surface area contributed by atoms with Gasteiger partial charge in [0.05, 0.1) is 4.92 Å². The summed E-state index contributed by atoms with van der Waals surface area (Å²) in [5.74, 6) is 0.0319. The highest BCUT2D eigenvalue weighted by Gasteiger charge is 2.31. The van der Waals surface area contributed by atoms with E-state index in [1.165, 1.54) is 6.07 Å². The van der Waals surface area contributed by atoms with Gasteiger partial charge in [0.25, 0.3) is 11.6 Å². The fraction of sp³-hybridized carbons (Fsp3) is 0.318. The zero-order chi connectivity index (χ0) is 19.7. The first kappa shape index (κ1) is 18.2. The molecule has 4 rings (SSSR count). The summed E-state index contributed by atoms with van der Waals surface area (Å²) in [5.41, 5.74) is 3.66. The van der Waals surface area contributed by atoms with E-state index in [1.807, 2.05) is 39.8 Å². The van der Waals surface area contributed by atoms with E-state index in [0.29, 0.717) is 18.8 Å². The average molecular weight is 377 g/mol. The van der Waals surface area contributed by atoms with Crippen LogP contribution in [0.25, 0.3) is 10.9 Å². The maximum Gasteiger partial charge on any atom is 0.270 e. The molecule has 0 aliphatic carbocycles. The summed E-state index contributed by atoms with van der Waals surface area (Å²) in [5, 5.41) is 12.1. The fourth-order valence-electron chi connectivity index (χ4n) is 4.01. The number of rotatable bonds is 6. The van der Waals surface area contributed by atoms with Gasteiger partial charge in [-0.1, -0.05) is 43.7 Å². The third kappa shape index (κ3) is 3.15. The first-order valence-corrected chi connectivity index (χ1v) is 9.73. The fourth-order valence-corrected chi connectivity index (χ4v) is 4.01. The third-order valence-corrected chi connectivity index (χ3v) is 5.45. The van der Waals surface area contributed by atoms with E-state index in [-0.39, 0.29) is 16.5 Å². The predicted octanol–water partition coefficient (Wildman–Crippen LogP) is 4.40. The lowest BCUT2D eigenvalue weighted by molar-refractivity contribution is -0.384. The standard InChI is InChI=1S/C22H23N3O3/c1-2-3-12-23-13-11-18-19-14-17(25(27)28)9-10-20(19)24(21(18)22(23)26)15-16-7-5-4-6-8-16/h4-10,14H,2-3,11-13,15H2,1H3. The normalized spacial score (nSPS) is 13.8. The number of benzene rings is 2. The molecule has 1 aliphatic heterocycles. The number of hydrogen-bond donors (Lipinski definition) is 0. The summed E-state index contributed by atoms with van der Waals surface area (Å²) >= 11 is 0. The summed E-state index contributed by atoms with van der Waals surface area (Å²) in [6.45, 7) is 4.10. The van der Waals surface area contributed by atoms with Crippen molar-refractivity contribution in [1.82, 2.24) is 9.47 Å². The van der Waals surface area contributed by atoms with Crippen LogP contribution in [0.3, 0.4) is 0 Å². The van der Waals surface area contributed by atoms with E-state index < -0.39 is 0 Å². The highest BCUT2D eigenvalue weighted by molar-refractivity contribution is 6.03. The average Bonchev–Trinajstić information content (AvgIpc) is 3.02. The summed E-state index contributed by atoms with van der Waals surface area (Å²) in [7, 11) is 0. The molecule has 1 amide bonds. The van der Waals surface area contributed by atoms with Gasteiger partial charge < -0.3 is 9.47 Å². The van der Waals surface area contributed by atoms with Crippen molar-refractivity contribution < 1.29 is 9.72 Å². The molecular formula is C22H23N3O3. The molecule has 3 aromatic rings. The minimum Gasteiger partial charge on any atom is -0.337 e. The van der Waals surface area contributed by atoms with E-state index in [1.54, 1.807) is 12.1 Å². The minimum absolute atomic E-state index is 0.0319. The van der Waals surface area contributed by atoms with Gasteiger partial charge in [0.1, 0.15) is 5.69 Å². The predicted molar refractivity (Wildman–Crippen MR) is 109 cm³/mol. The van der Waals surface area contributed by atoms with Crippen LogP contribution < -0.4 is 0 Å². The zero-order valence-corrected chi connectivity index (χ0v) is 15.9. The zero-order valence-electron chi connectivity index (χ0n) is 15.9. The Labute approximate surface area is 163 Å². The molecule has 28 heavy (non-hydrogen) atoms. The highest BCUT2D eigenvalue weighted by Crippen LogP contribution is 2.34. The van der Waals surface area contributed by atoms with Crippen molar-refractivity contribution >= 4 is 22.5 Å². The highest BCUT2D eigenvalue weighted by atomic mass is 16.6. The first-order valence-electron chi connectivity index (χ1n) is 9.73. The van der Waals surface area contributed by atoms with Crippen LogP contribution in [0, 0.1) is 10.1 Å². The Bertz CT molecular complexity index is 1040. The van der Waals surface area contributed by atoms with Gasteiger partial charge in [0.2, 0.25) is 0 Å². The number of amides is 1. The molecule has 1 aromatic heterocycles. The van der Waals surface area contributed by atoms with Crippen LogP contribution in [0.5, 0.6) is 0 Å². The van der Waals surface area contributed by atoms with Gasteiger partial charge in [-0.2, -0.15) is 0 Å². The van der Waals surface area contributed by atoms with Crippen LogP contribution >= 0.6 is 0 Å². The van der Waals surface area contributed by atoms with Crippen molar-refractivity contribution in [2.75, 3.05) is 13.1 Å². The summed E-state index contributed by atoms with van der Waals surface area (Å²) < 4.78 is 2.03. The van der Waals surface area contributed by atoms with Crippen molar-refractivity contribution in [3.8, 4) is 0 Å². The summed E-state index contributed by atoms with van der Waals surface area (Å²) in [6, 6.07) is 14.9. The van der Waals surface area contributed by atoms with E-state index in [4.69, 9.17) is 0 Å². The van der Waals surface area contributed by atoms with Crippen molar-refractivity contribution in [1.29, 1.82) is 0 Å². The number of nitro benzene ring substituents is 1. The van der Waals surface area contributed by atoms with Crippen LogP contribution in [0.15, 0.2) is 48.5 Å². The molecule has 0 spiro atoms. The number of aromatic nitrogens is 1. The van der Waals surface area contributed by atoms with E-state index >= 15 is 0 Å². The number of nitrogens with zero attached hydrogens (tertiary/aromatic N) is 3. The maximum absolute atomic E-state index is 13.3. The van der Waals surface area contributed by atoms with Crippen LogP contribution in [0.1, 0.15) is 41.4 Å². The molecule has 0 N–H and O–H groups in total. The lowest BCUT2D eigenvalue weighted by atomic mass is 10.0.